The number of esters is 1. The van der Waals surface area contributed by atoms with Crippen LogP contribution in [-0.2, 0) is 4.74 Å². The van der Waals surface area contributed by atoms with Crippen molar-refractivity contribution >= 4 is 28.9 Å². The second kappa shape index (κ2) is 6.73. The quantitative estimate of drug-likeness (QED) is 0.711. The third-order valence-electron chi connectivity index (χ3n) is 3.05. The van der Waals surface area contributed by atoms with E-state index in [2.05, 4.69) is 25.2 Å². The molecule has 0 bridgehead atoms. The molecule has 0 radical (unpaired) electrons. The number of halogens is 2. The minimum atomic E-state index is -1.24. The number of carbonyl (C=O) groups excluding carboxylic acids is 2. The van der Waals surface area contributed by atoms with Crippen LogP contribution in [0.4, 0.5) is 14.5 Å². The number of hydrogen-bond acceptors (Lipinski definition) is 7. The number of nitrogens with one attached hydrogen (secondary N) is 1. The van der Waals surface area contributed by atoms with Crippen LogP contribution in [0.1, 0.15) is 20.2 Å². The number of ether oxygens (including phenoxy) is 1. The Bertz CT molecular complexity index is 942. The van der Waals surface area contributed by atoms with E-state index in [0.29, 0.717) is 17.3 Å². The molecule has 0 aliphatic heterocycles. The van der Waals surface area contributed by atoms with Crippen molar-refractivity contribution in [1.29, 1.82) is 0 Å². The van der Waals surface area contributed by atoms with Crippen molar-refractivity contribution in [1.82, 2.24) is 19.7 Å². The highest BCUT2D eigenvalue weighted by Crippen LogP contribution is 2.23. The molecule has 128 valence electrons. The molecular formula is C14H9F2N5O3S. The molecule has 0 fully saturated rings. The molecule has 0 aliphatic carbocycles. The Morgan fingerprint density at radius 3 is 2.68 bits per heavy atom. The number of hydrogen-bond donors (Lipinski definition) is 1. The molecule has 0 atom stereocenters. The number of nitrogens with zero attached hydrogens (tertiary/aromatic N) is 4. The summed E-state index contributed by atoms with van der Waals surface area (Å²) in [4.78, 5) is 27.8. The number of methoxy groups -OCH3 is 1. The Morgan fingerprint density at radius 2 is 2.00 bits per heavy atom. The number of imidazole rings is 1. The monoisotopic (exact) mass is 365 g/mol. The number of carbonyl (C=O) groups is 2. The van der Waals surface area contributed by atoms with Crippen molar-refractivity contribution in [2.45, 2.75) is 0 Å². The fourth-order valence-corrected chi connectivity index (χ4v) is 2.58. The number of aromatic nitrogens is 4. The molecule has 2 heterocycles. The zero-order valence-corrected chi connectivity index (χ0v) is 13.4. The summed E-state index contributed by atoms with van der Waals surface area (Å²) >= 11 is 0.950. The van der Waals surface area contributed by atoms with Crippen LogP contribution in [0.15, 0.2) is 30.9 Å². The van der Waals surface area contributed by atoms with Gasteiger partial charge in [0.2, 0.25) is 10.1 Å². The Hall–Kier alpha value is -3.21. The van der Waals surface area contributed by atoms with E-state index in [0.717, 1.165) is 18.4 Å². The molecule has 0 aliphatic rings. The van der Waals surface area contributed by atoms with E-state index in [1.165, 1.54) is 12.5 Å². The van der Waals surface area contributed by atoms with Gasteiger partial charge in [-0.2, -0.15) is 0 Å². The van der Waals surface area contributed by atoms with Gasteiger partial charge in [0.05, 0.1) is 18.4 Å². The number of benzene rings is 1. The largest absolute Gasteiger partial charge is 0.465 e. The van der Waals surface area contributed by atoms with E-state index in [9.17, 15) is 18.4 Å². The van der Waals surface area contributed by atoms with Crippen LogP contribution in [0, 0.1) is 11.6 Å². The molecular weight excluding hydrogens is 356 g/mol. The Morgan fingerprint density at radius 1 is 1.24 bits per heavy atom. The minimum Gasteiger partial charge on any atom is -0.465 e. The van der Waals surface area contributed by atoms with Crippen LogP contribution in [0.25, 0.3) is 5.13 Å². The molecule has 25 heavy (non-hydrogen) atoms. The highest BCUT2D eigenvalue weighted by atomic mass is 32.1. The summed E-state index contributed by atoms with van der Waals surface area (Å²) in [5.41, 5.74) is -0.566. The molecule has 1 amide bonds. The van der Waals surface area contributed by atoms with Crippen molar-refractivity contribution in [3.8, 4) is 5.13 Å². The summed E-state index contributed by atoms with van der Waals surface area (Å²) in [6, 6.07) is 1.34. The normalized spacial score (nSPS) is 10.5. The first kappa shape index (κ1) is 16.6. The number of anilines is 1. The maximum absolute atomic E-state index is 13.5. The van der Waals surface area contributed by atoms with E-state index in [1.54, 1.807) is 10.8 Å². The summed E-state index contributed by atoms with van der Waals surface area (Å²) in [5, 5.41) is 10.2. The van der Waals surface area contributed by atoms with Crippen molar-refractivity contribution in [2.75, 3.05) is 12.4 Å². The van der Waals surface area contributed by atoms with Crippen LogP contribution in [0.5, 0.6) is 0 Å². The van der Waals surface area contributed by atoms with Gasteiger partial charge in [0.15, 0.2) is 11.6 Å². The van der Waals surface area contributed by atoms with Crippen molar-refractivity contribution < 1.29 is 23.1 Å². The van der Waals surface area contributed by atoms with Gasteiger partial charge in [0.1, 0.15) is 6.33 Å². The van der Waals surface area contributed by atoms with Gasteiger partial charge < -0.3 is 10.1 Å². The van der Waals surface area contributed by atoms with Crippen LogP contribution >= 0.6 is 11.3 Å². The lowest BCUT2D eigenvalue weighted by molar-refractivity contribution is 0.0601. The molecule has 0 spiro atoms. The van der Waals surface area contributed by atoms with Gasteiger partial charge in [0.25, 0.3) is 5.91 Å². The first-order chi connectivity index (χ1) is 12.0. The van der Waals surface area contributed by atoms with Gasteiger partial charge in [-0.1, -0.05) is 11.3 Å². The van der Waals surface area contributed by atoms with E-state index in [-0.39, 0.29) is 16.3 Å². The van der Waals surface area contributed by atoms with Crippen molar-refractivity contribution in [3.05, 3.63) is 53.1 Å². The molecule has 1 aromatic carbocycles. The zero-order valence-electron chi connectivity index (χ0n) is 12.6. The molecule has 8 nitrogen and oxygen atoms in total. The second-order valence-corrected chi connectivity index (χ2v) is 5.57. The Kier molecular flexibility index (Phi) is 4.48. The molecule has 3 rings (SSSR count). The molecule has 0 saturated heterocycles. The summed E-state index contributed by atoms with van der Waals surface area (Å²) in [6.45, 7) is 0. The average molecular weight is 365 g/mol. The standard InChI is InChI=1S/C14H9F2N5O3S/c1-24-13(23)7-4-8(15)9(16)5-10(7)18-11(22)12-19-20-14(25-12)21-3-2-17-6-21/h2-6H,1H3,(H,18,22). The second-order valence-electron chi connectivity index (χ2n) is 4.62. The minimum absolute atomic E-state index is 0.0377. The summed E-state index contributed by atoms with van der Waals surface area (Å²) in [6.07, 6.45) is 4.63. The van der Waals surface area contributed by atoms with Crippen molar-refractivity contribution in [2.24, 2.45) is 0 Å². The van der Waals surface area contributed by atoms with E-state index >= 15 is 0 Å². The third-order valence-corrected chi connectivity index (χ3v) is 3.98. The SMILES string of the molecule is COC(=O)c1cc(F)c(F)cc1NC(=O)c1nnc(-n2ccnc2)s1. The van der Waals surface area contributed by atoms with Crippen LogP contribution < -0.4 is 5.32 Å². The van der Waals surface area contributed by atoms with Crippen LogP contribution in [0.3, 0.4) is 0 Å². The highest BCUT2D eigenvalue weighted by molar-refractivity contribution is 7.15. The summed E-state index contributed by atoms with van der Waals surface area (Å²) < 4.78 is 32.9. The molecule has 11 heteroatoms. The fourth-order valence-electron chi connectivity index (χ4n) is 1.89. The van der Waals surface area contributed by atoms with Gasteiger partial charge in [-0.3, -0.25) is 9.36 Å². The summed E-state index contributed by atoms with van der Waals surface area (Å²) in [7, 11) is 1.08. The van der Waals surface area contributed by atoms with Gasteiger partial charge >= 0.3 is 5.97 Å². The lowest BCUT2D eigenvalue weighted by Crippen LogP contribution is -2.16. The first-order valence-electron chi connectivity index (χ1n) is 6.70. The first-order valence-corrected chi connectivity index (χ1v) is 7.51. The van der Waals surface area contributed by atoms with E-state index in [1.807, 2.05) is 0 Å². The molecule has 2 aromatic heterocycles. The van der Waals surface area contributed by atoms with Crippen LogP contribution in [0.2, 0.25) is 0 Å². The summed E-state index contributed by atoms with van der Waals surface area (Å²) in [5.74, 6) is -4.12. The predicted octanol–water partition coefficient (Wildman–Crippen LogP) is 2.04. The molecule has 0 saturated carbocycles. The Balaban J connectivity index is 1.88. The maximum atomic E-state index is 13.5. The Labute approximate surface area is 143 Å². The molecule has 3 aromatic rings. The maximum Gasteiger partial charge on any atom is 0.340 e. The fraction of sp³-hybridized carbons (Fsp3) is 0.0714. The van der Waals surface area contributed by atoms with Crippen molar-refractivity contribution in [3.63, 3.8) is 0 Å². The van der Waals surface area contributed by atoms with Gasteiger partial charge in [-0.25, -0.2) is 18.6 Å². The topological polar surface area (TPSA) is 99.0 Å². The lowest BCUT2D eigenvalue weighted by atomic mass is 10.1. The molecule has 0 unspecified atom stereocenters. The smallest absolute Gasteiger partial charge is 0.340 e. The number of amides is 1. The number of rotatable bonds is 4. The molecule has 1 N–H and O–H groups in total. The lowest BCUT2D eigenvalue weighted by Gasteiger charge is -2.09. The highest BCUT2D eigenvalue weighted by Gasteiger charge is 2.21. The average Bonchev–Trinajstić information content (AvgIpc) is 3.28. The van der Waals surface area contributed by atoms with E-state index in [4.69, 9.17) is 0 Å². The van der Waals surface area contributed by atoms with Gasteiger partial charge in [-0.15, -0.1) is 10.2 Å². The van der Waals surface area contributed by atoms with Gasteiger partial charge in [0, 0.05) is 18.5 Å². The van der Waals surface area contributed by atoms with Crippen LogP contribution in [-0.4, -0.2) is 38.7 Å². The van der Waals surface area contributed by atoms with E-state index < -0.39 is 23.5 Å². The third kappa shape index (κ3) is 3.35. The van der Waals surface area contributed by atoms with Gasteiger partial charge in [-0.05, 0) is 6.07 Å². The zero-order chi connectivity index (χ0) is 18.0. The predicted molar refractivity (Wildman–Crippen MR) is 82.7 cm³/mol.